The van der Waals surface area contributed by atoms with E-state index in [1.54, 1.807) is 12.2 Å². The van der Waals surface area contributed by atoms with Crippen molar-refractivity contribution in [1.82, 2.24) is 0 Å². The first kappa shape index (κ1) is 11.2. The first-order chi connectivity index (χ1) is 5.48. The highest BCUT2D eigenvalue weighted by Gasteiger charge is 2.42. The normalized spacial score (nSPS) is 34.6. The molecule has 1 aliphatic carbocycles. The predicted octanol–water partition coefficient (Wildman–Crippen LogP) is 2.94. The average Bonchev–Trinajstić information content (AvgIpc) is 2.00. The lowest BCUT2D eigenvalue weighted by atomic mass is 10.0. The van der Waals surface area contributed by atoms with E-state index < -0.39 is 9.39 Å². The Hall–Kier alpha value is 1.14. The van der Waals surface area contributed by atoms with Crippen LogP contribution in [0.25, 0.3) is 0 Å². The number of halogens is 3. The zero-order chi connectivity index (χ0) is 9.35. The Labute approximate surface area is 111 Å². The number of allylic oxidation sites excluding steroid dienone is 3. The van der Waals surface area contributed by atoms with Crippen molar-refractivity contribution < 1.29 is 9.90 Å². The van der Waals surface area contributed by atoms with Gasteiger partial charge in [-0.25, -0.2) is 0 Å². The van der Waals surface area contributed by atoms with Crippen LogP contribution in [0.2, 0.25) is 0 Å². The van der Waals surface area contributed by atoms with E-state index in [0.717, 1.165) is 3.58 Å². The number of aliphatic carboxylic acids is 1. The molecule has 0 radical (unpaired) electrons. The van der Waals surface area contributed by atoms with Gasteiger partial charge in [0.1, 0.15) is 0 Å². The van der Waals surface area contributed by atoms with Crippen molar-refractivity contribution in [3.63, 3.8) is 0 Å². The zero-order valence-electron chi connectivity index (χ0n) is 5.80. The molecular formula is C7H5I3O2. The van der Waals surface area contributed by atoms with Gasteiger partial charge in [-0.15, -0.1) is 0 Å². The van der Waals surface area contributed by atoms with Gasteiger partial charge in [-0.2, -0.15) is 0 Å². The van der Waals surface area contributed by atoms with Crippen LogP contribution in [0, 0.1) is 0 Å². The Balaban J connectivity index is 3.03. The molecule has 2 atom stereocenters. The van der Waals surface area contributed by atoms with E-state index in [1.807, 2.05) is 28.7 Å². The monoisotopic (exact) mass is 502 g/mol. The molecule has 2 unspecified atom stereocenters. The molecule has 0 bridgehead atoms. The van der Waals surface area contributed by atoms with Crippen LogP contribution in [0.5, 0.6) is 0 Å². The summed E-state index contributed by atoms with van der Waals surface area (Å²) in [5, 5.41) is 8.99. The summed E-state index contributed by atoms with van der Waals surface area (Å²) < 4.78 is 0.329. The van der Waals surface area contributed by atoms with Crippen molar-refractivity contribution >= 4 is 73.7 Å². The SMILES string of the molecule is O=C(O)C1(I)C=CC=C(I)C1I. The van der Waals surface area contributed by atoms with Crippen molar-refractivity contribution in [1.29, 1.82) is 0 Å². The van der Waals surface area contributed by atoms with Gasteiger partial charge in [-0.05, 0) is 22.6 Å². The quantitative estimate of drug-likeness (QED) is 0.443. The fourth-order valence-corrected chi connectivity index (χ4v) is 3.35. The Morgan fingerprint density at radius 3 is 2.67 bits per heavy atom. The molecule has 12 heavy (non-hydrogen) atoms. The first-order valence-electron chi connectivity index (χ1n) is 3.10. The van der Waals surface area contributed by atoms with Gasteiger partial charge in [-0.1, -0.05) is 63.4 Å². The Bertz CT molecular complexity index is 272. The van der Waals surface area contributed by atoms with Crippen LogP contribution in [0.1, 0.15) is 0 Å². The van der Waals surface area contributed by atoms with E-state index in [1.165, 1.54) is 0 Å². The molecule has 0 amide bonds. The number of carboxylic acids is 1. The largest absolute Gasteiger partial charge is 0.480 e. The Morgan fingerprint density at radius 2 is 2.25 bits per heavy atom. The number of carbonyl (C=O) groups is 1. The summed E-state index contributed by atoms with van der Waals surface area (Å²) >= 11 is 6.32. The Morgan fingerprint density at radius 1 is 1.67 bits per heavy atom. The molecule has 1 N–H and O–H groups in total. The topological polar surface area (TPSA) is 37.3 Å². The fourth-order valence-electron chi connectivity index (χ4n) is 0.829. The van der Waals surface area contributed by atoms with E-state index in [0.29, 0.717) is 0 Å². The molecule has 0 saturated heterocycles. The molecule has 0 heterocycles. The lowest BCUT2D eigenvalue weighted by Gasteiger charge is -2.27. The van der Waals surface area contributed by atoms with Crippen LogP contribution in [-0.2, 0) is 4.79 Å². The third-order valence-corrected chi connectivity index (χ3v) is 8.00. The summed E-state index contributed by atoms with van der Waals surface area (Å²) in [6, 6.07) is 0. The van der Waals surface area contributed by atoms with Crippen LogP contribution in [0.15, 0.2) is 21.8 Å². The summed E-state index contributed by atoms with van der Waals surface area (Å²) in [6.45, 7) is 0. The summed E-state index contributed by atoms with van der Waals surface area (Å²) in [4.78, 5) is 10.9. The van der Waals surface area contributed by atoms with Gasteiger partial charge in [0.15, 0.2) is 3.42 Å². The molecular weight excluding hydrogens is 497 g/mol. The fraction of sp³-hybridized carbons (Fsp3) is 0.286. The smallest absolute Gasteiger partial charge is 0.325 e. The van der Waals surface area contributed by atoms with Gasteiger partial charge in [0.05, 0.1) is 3.92 Å². The molecule has 2 nitrogen and oxygen atoms in total. The van der Waals surface area contributed by atoms with Crippen LogP contribution in [-0.4, -0.2) is 18.4 Å². The third-order valence-electron chi connectivity index (χ3n) is 1.53. The van der Waals surface area contributed by atoms with E-state index in [4.69, 9.17) is 5.11 Å². The molecule has 66 valence electrons. The summed E-state index contributed by atoms with van der Waals surface area (Å²) in [5.41, 5.74) is 0. The van der Waals surface area contributed by atoms with Gasteiger partial charge in [0.2, 0.25) is 0 Å². The summed E-state index contributed by atoms with van der Waals surface area (Å²) in [6.07, 6.45) is 5.48. The maximum atomic E-state index is 10.9. The minimum absolute atomic E-state index is 0.0267. The number of carboxylic acid groups (broad SMARTS) is 1. The molecule has 0 aromatic rings. The van der Waals surface area contributed by atoms with Crippen molar-refractivity contribution in [2.75, 3.05) is 0 Å². The van der Waals surface area contributed by atoms with Gasteiger partial charge in [0.25, 0.3) is 0 Å². The summed E-state index contributed by atoms with van der Waals surface area (Å²) in [7, 11) is 0. The second-order valence-corrected chi connectivity index (χ2v) is 6.62. The molecule has 0 saturated carbocycles. The molecule has 0 aromatic heterocycles. The molecule has 1 rings (SSSR count). The number of alkyl halides is 2. The lowest BCUT2D eigenvalue weighted by Crippen LogP contribution is -2.39. The molecule has 1 aliphatic rings. The highest BCUT2D eigenvalue weighted by atomic mass is 127. The standard InChI is InChI=1S/C7H5I3O2/c8-4-2-1-3-7(10,5(4)9)6(11)12/h1-3,5H,(H,11,12). The van der Waals surface area contributed by atoms with E-state index in [9.17, 15) is 4.79 Å². The van der Waals surface area contributed by atoms with Crippen molar-refractivity contribution in [2.24, 2.45) is 0 Å². The van der Waals surface area contributed by atoms with Crippen LogP contribution < -0.4 is 0 Å². The van der Waals surface area contributed by atoms with Crippen LogP contribution >= 0.6 is 67.8 Å². The first-order valence-corrected chi connectivity index (χ1v) is 6.50. The zero-order valence-corrected chi connectivity index (χ0v) is 12.3. The van der Waals surface area contributed by atoms with Gasteiger partial charge in [-0.3, -0.25) is 4.79 Å². The second-order valence-electron chi connectivity index (χ2n) is 2.35. The lowest BCUT2D eigenvalue weighted by molar-refractivity contribution is -0.137. The van der Waals surface area contributed by atoms with E-state index in [2.05, 4.69) is 45.2 Å². The molecule has 0 aliphatic heterocycles. The molecule has 0 fully saturated rings. The average molecular weight is 502 g/mol. The highest BCUT2D eigenvalue weighted by molar-refractivity contribution is 14.1. The minimum Gasteiger partial charge on any atom is -0.480 e. The van der Waals surface area contributed by atoms with Crippen molar-refractivity contribution in [3.05, 3.63) is 21.8 Å². The predicted molar refractivity (Wildman–Crippen MR) is 73.4 cm³/mol. The van der Waals surface area contributed by atoms with Gasteiger partial charge >= 0.3 is 5.97 Å². The third kappa shape index (κ3) is 1.97. The summed E-state index contributed by atoms with van der Waals surface area (Å²) in [5.74, 6) is -0.777. The van der Waals surface area contributed by atoms with Crippen molar-refractivity contribution in [2.45, 2.75) is 7.35 Å². The molecule has 5 heteroatoms. The maximum absolute atomic E-state index is 10.9. The van der Waals surface area contributed by atoms with Crippen LogP contribution in [0.3, 0.4) is 0 Å². The molecule has 0 aromatic carbocycles. The second kappa shape index (κ2) is 4.11. The maximum Gasteiger partial charge on any atom is 0.325 e. The van der Waals surface area contributed by atoms with Crippen molar-refractivity contribution in [3.8, 4) is 0 Å². The van der Waals surface area contributed by atoms with Gasteiger partial charge in [0, 0.05) is 3.58 Å². The van der Waals surface area contributed by atoms with E-state index >= 15 is 0 Å². The van der Waals surface area contributed by atoms with Gasteiger partial charge < -0.3 is 5.11 Å². The van der Waals surface area contributed by atoms with Crippen LogP contribution in [0.4, 0.5) is 0 Å². The Kier molecular flexibility index (Phi) is 3.84. The van der Waals surface area contributed by atoms with E-state index in [-0.39, 0.29) is 3.92 Å². The number of hydrogen-bond acceptors (Lipinski definition) is 1. The number of hydrogen-bond donors (Lipinski definition) is 1. The minimum atomic E-state index is -0.777. The highest BCUT2D eigenvalue weighted by Crippen LogP contribution is 2.40. The molecule has 0 spiro atoms. The number of rotatable bonds is 1.